The van der Waals surface area contributed by atoms with Crippen LogP contribution in [0.25, 0.3) is 10.8 Å². The molecule has 0 radical (unpaired) electrons. The molecular weight excluding hydrogens is 368 g/mol. The summed E-state index contributed by atoms with van der Waals surface area (Å²) >= 11 is 15.2. The van der Waals surface area contributed by atoms with E-state index in [0.717, 1.165) is 9.26 Å². The van der Waals surface area contributed by atoms with E-state index in [1.54, 1.807) is 6.20 Å². The molecular formula is C8H4Cl2IN3S. The van der Waals surface area contributed by atoms with Crippen molar-refractivity contribution in [2.75, 3.05) is 0 Å². The number of halogens is 3. The summed E-state index contributed by atoms with van der Waals surface area (Å²) in [6.45, 7) is 1.88. The zero-order chi connectivity index (χ0) is 11.0. The van der Waals surface area contributed by atoms with Crippen LogP contribution in [-0.2, 0) is 0 Å². The van der Waals surface area contributed by atoms with E-state index in [1.165, 1.54) is 11.3 Å². The molecule has 2 rings (SSSR count). The summed E-state index contributed by atoms with van der Waals surface area (Å²) in [5, 5.41) is 1.13. The summed E-state index contributed by atoms with van der Waals surface area (Å²) in [6, 6.07) is 0. The first-order chi connectivity index (χ1) is 7.08. The van der Waals surface area contributed by atoms with Crippen molar-refractivity contribution in [3.05, 3.63) is 25.0 Å². The topological polar surface area (TPSA) is 38.7 Å². The van der Waals surface area contributed by atoms with Gasteiger partial charge >= 0.3 is 0 Å². The van der Waals surface area contributed by atoms with Crippen LogP contribution in [0.3, 0.4) is 0 Å². The summed E-state index contributed by atoms with van der Waals surface area (Å²) in [5.41, 5.74) is 0.844. The van der Waals surface area contributed by atoms with Gasteiger partial charge in [-0.3, -0.25) is 0 Å². The van der Waals surface area contributed by atoms with Crippen LogP contribution < -0.4 is 0 Å². The molecule has 0 unspecified atom stereocenters. The first kappa shape index (κ1) is 11.5. The Bertz CT molecular complexity index is 491. The Labute approximate surface area is 114 Å². The standard InChI is InChI=1S/C8H4Cl2IN3S/c1-3-5(11)6(10)14-7(13-3)8-12-2-4(9)15-8/h2H,1H3. The van der Waals surface area contributed by atoms with Gasteiger partial charge in [-0.15, -0.1) is 0 Å². The normalized spacial score (nSPS) is 10.7. The lowest BCUT2D eigenvalue weighted by molar-refractivity contribution is 1.08. The number of rotatable bonds is 1. The van der Waals surface area contributed by atoms with Gasteiger partial charge in [0.05, 0.1) is 15.5 Å². The summed E-state index contributed by atoms with van der Waals surface area (Å²) in [7, 11) is 0. The molecule has 2 aromatic rings. The molecule has 0 aliphatic heterocycles. The monoisotopic (exact) mass is 371 g/mol. The Morgan fingerprint density at radius 2 is 2.07 bits per heavy atom. The SMILES string of the molecule is Cc1nc(-c2ncc(Cl)s2)nc(Cl)c1I. The van der Waals surface area contributed by atoms with Crippen LogP contribution in [0.5, 0.6) is 0 Å². The van der Waals surface area contributed by atoms with Gasteiger partial charge in [0.1, 0.15) is 9.49 Å². The molecule has 0 N–H and O–H groups in total. The number of nitrogens with zero attached hydrogens (tertiary/aromatic N) is 3. The van der Waals surface area contributed by atoms with E-state index in [0.29, 0.717) is 20.3 Å². The smallest absolute Gasteiger partial charge is 0.190 e. The van der Waals surface area contributed by atoms with Crippen LogP contribution in [-0.4, -0.2) is 15.0 Å². The van der Waals surface area contributed by atoms with E-state index in [1.807, 2.05) is 6.92 Å². The fraction of sp³-hybridized carbons (Fsp3) is 0.125. The van der Waals surface area contributed by atoms with Gasteiger partial charge in [-0.25, -0.2) is 15.0 Å². The van der Waals surface area contributed by atoms with Crippen molar-refractivity contribution in [1.82, 2.24) is 15.0 Å². The van der Waals surface area contributed by atoms with Crippen molar-refractivity contribution >= 4 is 57.1 Å². The number of hydrogen-bond acceptors (Lipinski definition) is 4. The third kappa shape index (κ3) is 2.41. The van der Waals surface area contributed by atoms with Crippen LogP contribution in [0.2, 0.25) is 9.49 Å². The maximum Gasteiger partial charge on any atom is 0.190 e. The highest BCUT2D eigenvalue weighted by Gasteiger charge is 2.11. The van der Waals surface area contributed by atoms with E-state index in [2.05, 4.69) is 37.5 Å². The molecule has 2 heterocycles. The summed E-state index contributed by atoms with van der Waals surface area (Å²) in [4.78, 5) is 12.6. The van der Waals surface area contributed by atoms with E-state index in [4.69, 9.17) is 23.2 Å². The fourth-order valence-corrected chi connectivity index (χ4v) is 2.28. The van der Waals surface area contributed by atoms with Gasteiger partial charge in [0.15, 0.2) is 10.8 Å². The first-order valence-corrected chi connectivity index (χ1v) is 6.54. The molecule has 0 spiro atoms. The summed E-state index contributed by atoms with van der Waals surface area (Å²) in [6.07, 6.45) is 1.58. The van der Waals surface area contributed by atoms with Gasteiger partial charge in [0, 0.05) is 0 Å². The largest absolute Gasteiger partial charge is 0.240 e. The van der Waals surface area contributed by atoms with Crippen molar-refractivity contribution in [2.24, 2.45) is 0 Å². The second kappa shape index (κ2) is 4.48. The molecule has 0 aliphatic carbocycles. The molecule has 0 amide bonds. The minimum atomic E-state index is 0.449. The lowest BCUT2D eigenvalue weighted by atomic mass is 10.4. The Morgan fingerprint density at radius 1 is 1.33 bits per heavy atom. The Balaban J connectivity index is 2.55. The van der Waals surface area contributed by atoms with E-state index in [-0.39, 0.29) is 0 Å². The maximum absolute atomic E-state index is 5.96. The number of aromatic nitrogens is 3. The van der Waals surface area contributed by atoms with E-state index in [9.17, 15) is 0 Å². The Morgan fingerprint density at radius 3 is 2.60 bits per heavy atom. The zero-order valence-electron chi connectivity index (χ0n) is 7.46. The van der Waals surface area contributed by atoms with Crippen molar-refractivity contribution < 1.29 is 0 Å². The minimum absolute atomic E-state index is 0.449. The van der Waals surface area contributed by atoms with Crippen LogP contribution >= 0.6 is 57.1 Å². The van der Waals surface area contributed by atoms with E-state index >= 15 is 0 Å². The molecule has 0 fully saturated rings. The molecule has 0 aliphatic rings. The number of hydrogen-bond donors (Lipinski definition) is 0. The highest BCUT2D eigenvalue weighted by molar-refractivity contribution is 14.1. The fourth-order valence-electron chi connectivity index (χ4n) is 0.978. The molecule has 0 aromatic carbocycles. The lowest BCUT2D eigenvalue weighted by Crippen LogP contribution is -1.95. The lowest BCUT2D eigenvalue weighted by Gasteiger charge is -2.01. The molecule has 2 aromatic heterocycles. The third-order valence-corrected chi connectivity index (χ3v) is 4.64. The highest BCUT2D eigenvalue weighted by Crippen LogP contribution is 2.28. The van der Waals surface area contributed by atoms with Gasteiger partial charge in [-0.1, -0.05) is 34.5 Å². The predicted octanol–water partition coefficient (Wildman–Crippen LogP) is 3.82. The maximum atomic E-state index is 5.96. The van der Waals surface area contributed by atoms with Gasteiger partial charge in [0.2, 0.25) is 0 Å². The summed E-state index contributed by atoms with van der Waals surface area (Å²) in [5.74, 6) is 0.523. The van der Waals surface area contributed by atoms with Gasteiger partial charge < -0.3 is 0 Å². The number of aryl methyl sites for hydroxylation is 1. The van der Waals surface area contributed by atoms with Gasteiger partial charge in [0.25, 0.3) is 0 Å². The van der Waals surface area contributed by atoms with Crippen LogP contribution in [0, 0.1) is 10.5 Å². The van der Waals surface area contributed by atoms with Crippen molar-refractivity contribution in [3.8, 4) is 10.8 Å². The summed E-state index contributed by atoms with van der Waals surface area (Å²) < 4.78 is 1.47. The molecule has 0 saturated carbocycles. The third-order valence-electron chi connectivity index (χ3n) is 1.65. The first-order valence-electron chi connectivity index (χ1n) is 3.89. The van der Waals surface area contributed by atoms with Crippen LogP contribution in [0.1, 0.15) is 5.69 Å². The Kier molecular flexibility index (Phi) is 3.44. The highest BCUT2D eigenvalue weighted by atomic mass is 127. The number of thiazole rings is 1. The van der Waals surface area contributed by atoms with Crippen LogP contribution in [0.4, 0.5) is 0 Å². The second-order valence-corrected chi connectivity index (χ2v) is 5.81. The molecule has 0 saturated heterocycles. The molecule has 3 nitrogen and oxygen atoms in total. The Hall–Kier alpha value is 0.0200. The van der Waals surface area contributed by atoms with Crippen molar-refractivity contribution in [1.29, 1.82) is 0 Å². The molecule has 0 atom stereocenters. The predicted molar refractivity (Wildman–Crippen MR) is 70.6 cm³/mol. The average Bonchev–Trinajstić information content (AvgIpc) is 2.60. The van der Waals surface area contributed by atoms with Crippen LogP contribution in [0.15, 0.2) is 6.20 Å². The zero-order valence-corrected chi connectivity index (χ0v) is 11.9. The average molecular weight is 372 g/mol. The van der Waals surface area contributed by atoms with Gasteiger partial charge in [-0.2, -0.15) is 0 Å². The molecule has 7 heteroatoms. The van der Waals surface area contributed by atoms with Crippen molar-refractivity contribution in [3.63, 3.8) is 0 Å². The van der Waals surface area contributed by atoms with Gasteiger partial charge in [-0.05, 0) is 29.5 Å². The quantitative estimate of drug-likeness (QED) is 0.565. The van der Waals surface area contributed by atoms with E-state index < -0.39 is 0 Å². The molecule has 0 bridgehead atoms. The van der Waals surface area contributed by atoms with Crippen molar-refractivity contribution in [2.45, 2.75) is 6.92 Å². The molecule has 15 heavy (non-hydrogen) atoms. The minimum Gasteiger partial charge on any atom is -0.240 e. The molecule has 78 valence electrons. The second-order valence-electron chi connectivity index (χ2n) is 2.71.